The van der Waals surface area contributed by atoms with E-state index < -0.39 is 11.8 Å². The van der Waals surface area contributed by atoms with Crippen molar-refractivity contribution in [3.63, 3.8) is 0 Å². The van der Waals surface area contributed by atoms with Gasteiger partial charge in [0.15, 0.2) is 0 Å². The Morgan fingerprint density at radius 1 is 1.47 bits per heavy atom. The number of anilines is 1. The third kappa shape index (κ3) is 2.10. The van der Waals surface area contributed by atoms with Gasteiger partial charge in [-0.05, 0) is 15.9 Å². The largest absolute Gasteiger partial charge is 0.369 e. The van der Waals surface area contributed by atoms with E-state index in [1.807, 2.05) is 0 Å². The number of pyridine rings is 1. The number of carbonyl (C=O) groups excluding carboxylic acids is 2. The summed E-state index contributed by atoms with van der Waals surface area (Å²) in [5, 5.41) is 0. The van der Waals surface area contributed by atoms with E-state index in [4.69, 9.17) is 5.73 Å². The molecule has 7 heteroatoms. The Morgan fingerprint density at radius 2 is 2.18 bits per heavy atom. The molecule has 1 fully saturated rings. The van der Waals surface area contributed by atoms with Crippen molar-refractivity contribution in [1.82, 2.24) is 4.98 Å². The second-order valence-electron chi connectivity index (χ2n) is 3.83. The van der Waals surface area contributed by atoms with Crippen molar-refractivity contribution < 1.29 is 9.59 Å². The van der Waals surface area contributed by atoms with E-state index >= 15 is 0 Å². The van der Waals surface area contributed by atoms with Crippen LogP contribution in [0.5, 0.6) is 0 Å². The molecule has 0 radical (unpaired) electrons. The predicted octanol–water partition coefficient (Wildman–Crippen LogP) is -0.0244. The summed E-state index contributed by atoms with van der Waals surface area (Å²) in [4.78, 5) is 38.6. The smallest absolute Gasteiger partial charge is 0.228 e. The number of nitrogens with zero attached hydrogens (tertiary/aromatic N) is 1. The van der Waals surface area contributed by atoms with Gasteiger partial charge >= 0.3 is 0 Å². The van der Waals surface area contributed by atoms with E-state index in [0.717, 1.165) is 0 Å². The Morgan fingerprint density at radius 3 is 2.76 bits per heavy atom. The van der Waals surface area contributed by atoms with Crippen LogP contribution in [0.2, 0.25) is 0 Å². The Bertz CT molecular complexity index is 540. The van der Waals surface area contributed by atoms with Gasteiger partial charge in [0, 0.05) is 25.4 Å². The molecule has 17 heavy (non-hydrogen) atoms. The zero-order chi connectivity index (χ0) is 12.6. The third-order valence-electron chi connectivity index (χ3n) is 2.70. The van der Waals surface area contributed by atoms with Gasteiger partial charge < -0.3 is 15.6 Å². The van der Waals surface area contributed by atoms with Gasteiger partial charge in [-0.2, -0.15) is 0 Å². The lowest BCUT2D eigenvalue weighted by Crippen LogP contribution is -2.31. The molecular formula is C10H10BrN3O3. The molecule has 0 saturated carbocycles. The summed E-state index contributed by atoms with van der Waals surface area (Å²) in [5.41, 5.74) is 5.10. The van der Waals surface area contributed by atoms with Crippen LogP contribution in [0.3, 0.4) is 0 Å². The van der Waals surface area contributed by atoms with Gasteiger partial charge in [-0.15, -0.1) is 0 Å². The summed E-state index contributed by atoms with van der Waals surface area (Å²) >= 11 is 3.08. The summed E-state index contributed by atoms with van der Waals surface area (Å²) < 4.78 is 0.338. The second kappa shape index (κ2) is 4.33. The fourth-order valence-corrected chi connectivity index (χ4v) is 2.11. The average molecular weight is 300 g/mol. The minimum absolute atomic E-state index is 0.0568. The number of aromatic amines is 1. The Balaban J connectivity index is 2.36. The molecule has 90 valence electrons. The highest BCUT2D eigenvalue weighted by atomic mass is 79.9. The standard InChI is InChI=1S/C10H10BrN3O3/c11-6-2-13-3-7(9(6)16)14-4-5(10(12)17)1-8(14)15/h2-3,5H,1,4H2,(H2,12,17)(H,13,16). The molecule has 0 aromatic carbocycles. The van der Waals surface area contributed by atoms with Gasteiger partial charge in [0.2, 0.25) is 17.2 Å². The predicted molar refractivity (Wildman–Crippen MR) is 64.4 cm³/mol. The number of nitrogens with one attached hydrogen (secondary N) is 1. The highest BCUT2D eigenvalue weighted by molar-refractivity contribution is 9.10. The van der Waals surface area contributed by atoms with Crippen LogP contribution in [0.1, 0.15) is 6.42 Å². The number of hydrogen-bond donors (Lipinski definition) is 2. The number of halogens is 1. The van der Waals surface area contributed by atoms with Gasteiger partial charge in [0.1, 0.15) is 5.69 Å². The van der Waals surface area contributed by atoms with Crippen LogP contribution in [0, 0.1) is 5.92 Å². The van der Waals surface area contributed by atoms with Crippen LogP contribution >= 0.6 is 15.9 Å². The van der Waals surface area contributed by atoms with E-state index in [9.17, 15) is 14.4 Å². The molecule has 1 atom stereocenters. The maximum absolute atomic E-state index is 11.8. The SMILES string of the molecule is NC(=O)C1CC(=O)N(c2c[nH]cc(Br)c2=O)C1. The highest BCUT2D eigenvalue weighted by Crippen LogP contribution is 2.22. The highest BCUT2D eigenvalue weighted by Gasteiger charge is 2.35. The monoisotopic (exact) mass is 299 g/mol. The zero-order valence-corrected chi connectivity index (χ0v) is 10.4. The average Bonchev–Trinajstić information content (AvgIpc) is 2.65. The van der Waals surface area contributed by atoms with Gasteiger partial charge in [0.05, 0.1) is 10.4 Å². The molecule has 2 amide bonds. The summed E-state index contributed by atoms with van der Waals surface area (Å²) in [6, 6.07) is 0. The van der Waals surface area contributed by atoms with Crippen molar-refractivity contribution >= 4 is 33.4 Å². The lowest BCUT2D eigenvalue weighted by atomic mass is 10.1. The van der Waals surface area contributed by atoms with Gasteiger partial charge in [-0.3, -0.25) is 14.4 Å². The summed E-state index contributed by atoms with van der Waals surface area (Å²) in [6.45, 7) is 0.160. The van der Waals surface area contributed by atoms with Gasteiger partial charge in [-0.25, -0.2) is 0 Å². The molecule has 6 nitrogen and oxygen atoms in total. The molecule has 2 heterocycles. The summed E-state index contributed by atoms with van der Waals surface area (Å²) in [5.74, 6) is -1.31. The van der Waals surface area contributed by atoms with E-state index in [-0.39, 0.29) is 30.0 Å². The first-order valence-electron chi connectivity index (χ1n) is 4.97. The van der Waals surface area contributed by atoms with Crippen molar-refractivity contribution in [3.05, 3.63) is 27.1 Å². The van der Waals surface area contributed by atoms with Crippen LogP contribution in [0.4, 0.5) is 5.69 Å². The van der Waals surface area contributed by atoms with E-state index in [2.05, 4.69) is 20.9 Å². The molecule has 2 rings (SSSR count). The fraction of sp³-hybridized carbons (Fsp3) is 0.300. The number of amides is 2. The van der Waals surface area contributed by atoms with E-state index in [0.29, 0.717) is 4.47 Å². The Labute approximate surface area is 105 Å². The van der Waals surface area contributed by atoms with Gasteiger partial charge in [-0.1, -0.05) is 0 Å². The molecule has 1 aliphatic heterocycles. The number of rotatable bonds is 2. The van der Waals surface area contributed by atoms with E-state index in [1.165, 1.54) is 17.3 Å². The number of nitrogens with two attached hydrogens (primary N) is 1. The van der Waals surface area contributed by atoms with Crippen molar-refractivity contribution in [2.24, 2.45) is 11.7 Å². The lowest BCUT2D eigenvalue weighted by molar-refractivity contribution is -0.123. The maximum Gasteiger partial charge on any atom is 0.228 e. The maximum atomic E-state index is 11.8. The molecular weight excluding hydrogens is 290 g/mol. The van der Waals surface area contributed by atoms with Crippen LogP contribution in [0.15, 0.2) is 21.7 Å². The van der Waals surface area contributed by atoms with Crippen LogP contribution < -0.4 is 16.1 Å². The molecule has 1 aliphatic rings. The first-order valence-corrected chi connectivity index (χ1v) is 5.76. The molecule has 0 spiro atoms. The zero-order valence-electron chi connectivity index (χ0n) is 8.77. The molecule has 1 unspecified atom stereocenters. The first kappa shape index (κ1) is 11.8. The minimum Gasteiger partial charge on any atom is -0.369 e. The Hall–Kier alpha value is -1.63. The quantitative estimate of drug-likeness (QED) is 0.803. The number of carbonyl (C=O) groups is 2. The van der Waals surface area contributed by atoms with Crippen LogP contribution in [0.25, 0.3) is 0 Å². The van der Waals surface area contributed by atoms with E-state index in [1.54, 1.807) is 0 Å². The number of hydrogen-bond acceptors (Lipinski definition) is 3. The molecule has 0 bridgehead atoms. The second-order valence-corrected chi connectivity index (χ2v) is 4.68. The van der Waals surface area contributed by atoms with Crippen molar-refractivity contribution in [3.8, 4) is 0 Å². The molecule has 1 aromatic heterocycles. The molecule has 0 aliphatic carbocycles. The minimum atomic E-state index is -0.527. The van der Waals surface area contributed by atoms with Gasteiger partial charge in [0.25, 0.3) is 0 Å². The number of primary amides is 1. The third-order valence-corrected chi connectivity index (χ3v) is 3.29. The topological polar surface area (TPSA) is 96.3 Å². The van der Waals surface area contributed by atoms with Crippen molar-refractivity contribution in [2.45, 2.75) is 6.42 Å². The van der Waals surface area contributed by atoms with Crippen molar-refractivity contribution in [1.29, 1.82) is 0 Å². The van der Waals surface area contributed by atoms with Crippen molar-refractivity contribution in [2.75, 3.05) is 11.4 Å². The van der Waals surface area contributed by atoms with Crippen LogP contribution in [-0.2, 0) is 9.59 Å². The summed E-state index contributed by atoms with van der Waals surface area (Å²) in [7, 11) is 0. The normalized spacial score (nSPS) is 19.7. The Kier molecular flexibility index (Phi) is 3.01. The summed E-state index contributed by atoms with van der Waals surface area (Å²) in [6.07, 6.45) is 2.98. The molecule has 1 saturated heterocycles. The number of H-pyrrole nitrogens is 1. The van der Waals surface area contributed by atoms with Crippen LogP contribution in [-0.4, -0.2) is 23.3 Å². The molecule has 3 N–H and O–H groups in total. The fourth-order valence-electron chi connectivity index (χ4n) is 1.78. The lowest BCUT2D eigenvalue weighted by Gasteiger charge is -2.15. The molecule has 1 aromatic rings. The first-order chi connectivity index (χ1) is 8.00. The number of aromatic nitrogens is 1.